The lowest BCUT2D eigenvalue weighted by molar-refractivity contribution is -0.138. The Morgan fingerprint density at radius 3 is 2.56 bits per heavy atom. The standard InChI is InChI=1S/C27H21ClF4N4O4S/c28-19-4-5-22(36-26(40)16-3-1-2-15(8-16)14-41-7-6-23(37)38)20(10-19)24(39)17(11-33)12-34-25-21(29)9-18(13-35-25)27(30,31)32/h1-5,8-13H,6-7,14,33H2,(H,36,40)(H,37,38)/b17-11+,34-12+. The number of aromatic nitrogens is 1. The van der Waals surface area contributed by atoms with Gasteiger partial charge in [-0.2, -0.15) is 24.9 Å². The van der Waals surface area contributed by atoms with E-state index < -0.39 is 41.0 Å². The molecule has 0 bridgehead atoms. The van der Waals surface area contributed by atoms with Gasteiger partial charge in [0, 0.05) is 46.3 Å². The molecule has 0 saturated heterocycles. The molecule has 1 amide bonds. The van der Waals surface area contributed by atoms with Gasteiger partial charge in [-0.05, 0) is 42.0 Å². The number of aliphatic imine (C=N–C) groups is 1. The second-order valence-electron chi connectivity index (χ2n) is 8.28. The van der Waals surface area contributed by atoms with Gasteiger partial charge < -0.3 is 16.2 Å². The van der Waals surface area contributed by atoms with E-state index in [1.807, 2.05) is 0 Å². The molecular weight excluding hydrogens is 588 g/mol. The molecule has 0 unspecified atom stereocenters. The minimum absolute atomic E-state index is 0.0119. The molecule has 214 valence electrons. The molecule has 0 atom stereocenters. The van der Waals surface area contributed by atoms with Gasteiger partial charge in [0.25, 0.3) is 5.91 Å². The van der Waals surface area contributed by atoms with Crippen molar-refractivity contribution in [1.29, 1.82) is 0 Å². The number of nitrogens with two attached hydrogens (primary N) is 1. The number of carbonyl (C=O) groups excluding carboxylic acids is 2. The Hall–Kier alpha value is -4.23. The number of benzene rings is 2. The molecule has 0 saturated carbocycles. The van der Waals surface area contributed by atoms with Crippen molar-refractivity contribution in [2.75, 3.05) is 11.1 Å². The zero-order valence-corrected chi connectivity index (χ0v) is 22.5. The molecule has 1 heterocycles. The molecule has 14 heteroatoms. The summed E-state index contributed by atoms with van der Waals surface area (Å²) in [5.74, 6) is -3.40. The molecule has 2 aromatic carbocycles. The molecule has 0 fully saturated rings. The number of amides is 1. The van der Waals surface area contributed by atoms with Gasteiger partial charge in [0.2, 0.25) is 0 Å². The second-order valence-corrected chi connectivity index (χ2v) is 9.82. The molecule has 3 aromatic rings. The topological polar surface area (TPSA) is 135 Å². The minimum Gasteiger partial charge on any atom is -0.481 e. The van der Waals surface area contributed by atoms with Crippen LogP contribution in [0.3, 0.4) is 0 Å². The third kappa shape index (κ3) is 8.88. The average molecular weight is 609 g/mol. The summed E-state index contributed by atoms with van der Waals surface area (Å²) in [5.41, 5.74) is 5.01. The van der Waals surface area contributed by atoms with Gasteiger partial charge in [-0.25, -0.2) is 14.4 Å². The van der Waals surface area contributed by atoms with Crippen molar-refractivity contribution in [3.63, 3.8) is 0 Å². The van der Waals surface area contributed by atoms with Crippen molar-refractivity contribution in [3.05, 3.63) is 99.6 Å². The third-order valence-corrected chi connectivity index (χ3v) is 6.57. The molecule has 0 aliphatic carbocycles. The normalized spacial score (nSPS) is 12.0. The highest BCUT2D eigenvalue weighted by atomic mass is 35.5. The van der Waals surface area contributed by atoms with Crippen LogP contribution in [0.4, 0.5) is 29.1 Å². The van der Waals surface area contributed by atoms with Crippen molar-refractivity contribution in [2.45, 2.75) is 18.3 Å². The van der Waals surface area contributed by atoms with E-state index in [0.717, 1.165) is 18.0 Å². The van der Waals surface area contributed by atoms with E-state index in [9.17, 15) is 31.9 Å². The summed E-state index contributed by atoms with van der Waals surface area (Å²) < 4.78 is 52.4. The van der Waals surface area contributed by atoms with E-state index in [4.69, 9.17) is 22.4 Å². The highest BCUT2D eigenvalue weighted by molar-refractivity contribution is 7.98. The van der Waals surface area contributed by atoms with Crippen LogP contribution in [0.2, 0.25) is 5.02 Å². The van der Waals surface area contributed by atoms with E-state index in [0.29, 0.717) is 17.7 Å². The Labute approximate surface area is 240 Å². The van der Waals surface area contributed by atoms with Crippen LogP contribution in [0.5, 0.6) is 0 Å². The highest BCUT2D eigenvalue weighted by Crippen LogP contribution is 2.31. The molecule has 0 aliphatic rings. The van der Waals surface area contributed by atoms with Crippen LogP contribution < -0.4 is 11.1 Å². The fourth-order valence-electron chi connectivity index (χ4n) is 3.30. The summed E-state index contributed by atoms with van der Waals surface area (Å²) in [7, 11) is 0. The largest absolute Gasteiger partial charge is 0.481 e. The number of nitrogens with one attached hydrogen (secondary N) is 1. The number of alkyl halides is 3. The van der Waals surface area contributed by atoms with Crippen LogP contribution in [0.25, 0.3) is 0 Å². The second kappa shape index (κ2) is 13.9. The quantitative estimate of drug-likeness (QED) is 0.0766. The smallest absolute Gasteiger partial charge is 0.417 e. The predicted octanol–water partition coefficient (Wildman–Crippen LogP) is 6.28. The number of nitrogens with zero attached hydrogens (tertiary/aromatic N) is 2. The fourth-order valence-corrected chi connectivity index (χ4v) is 4.35. The maximum absolute atomic E-state index is 14.1. The Morgan fingerprint density at radius 1 is 1.15 bits per heavy atom. The maximum atomic E-state index is 14.1. The number of hydrogen-bond acceptors (Lipinski definition) is 7. The maximum Gasteiger partial charge on any atom is 0.417 e. The van der Waals surface area contributed by atoms with Crippen LogP contribution in [0.15, 0.2) is 71.5 Å². The van der Waals surface area contributed by atoms with Crippen LogP contribution >= 0.6 is 23.4 Å². The number of aliphatic carboxylic acids is 1. The number of carbonyl (C=O) groups is 3. The first-order valence-electron chi connectivity index (χ1n) is 11.6. The summed E-state index contributed by atoms with van der Waals surface area (Å²) in [6.45, 7) is 0. The van der Waals surface area contributed by atoms with Gasteiger partial charge in [-0.3, -0.25) is 14.4 Å². The highest BCUT2D eigenvalue weighted by Gasteiger charge is 2.32. The number of hydrogen-bond donors (Lipinski definition) is 3. The summed E-state index contributed by atoms with van der Waals surface area (Å²) in [4.78, 5) is 43.9. The summed E-state index contributed by atoms with van der Waals surface area (Å²) >= 11 is 7.47. The van der Waals surface area contributed by atoms with Crippen LogP contribution in [0.1, 0.15) is 38.3 Å². The van der Waals surface area contributed by atoms with E-state index >= 15 is 0 Å². The first-order valence-corrected chi connectivity index (χ1v) is 13.1. The Morgan fingerprint density at radius 2 is 1.90 bits per heavy atom. The number of rotatable bonds is 11. The Kier molecular flexibility index (Phi) is 10.6. The van der Waals surface area contributed by atoms with E-state index in [-0.39, 0.29) is 39.9 Å². The van der Waals surface area contributed by atoms with Gasteiger partial charge in [0.15, 0.2) is 17.4 Å². The lowest BCUT2D eigenvalue weighted by Crippen LogP contribution is -2.16. The van der Waals surface area contributed by atoms with Crippen molar-refractivity contribution in [1.82, 2.24) is 4.98 Å². The molecule has 4 N–H and O–H groups in total. The van der Waals surface area contributed by atoms with E-state index in [1.165, 1.54) is 30.0 Å². The molecule has 1 aromatic heterocycles. The number of anilines is 1. The van der Waals surface area contributed by atoms with Gasteiger partial charge in [-0.1, -0.05) is 23.7 Å². The number of thioether (sulfide) groups is 1. The van der Waals surface area contributed by atoms with Crippen molar-refractivity contribution < 1.29 is 37.1 Å². The van der Waals surface area contributed by atoms with E-state index in [1.54, 1.807) is 24.3 Å². The SMILES string of the molecule is N/C=C(\C=N\c1ncc(C(F)(F)F)cc1F)C(=O)c1cc(Cl)ccc1NC(=O)c1cccc(CSCCC(=O)O)c1. The van der Waals surface area contributed by atoms with Gasteiger partial charge in [0.1, 0.15) is 0 Å². The van der Waals surface area contributed by atoms with Crippen LogP contribution in [0, 0.1) is 5.82 Å². The summed E-state index contributed by atoms with van der Waals surface area (Å²) in [6, 6.07) is 11.0. The summed E-state index contributed by atoms with van der Waals surface area (Å²) in [6.07, 6.45) is -2.70. The monoisotopic (exact) mass is 608 g/mol. The number of allylic oxidation sites excluding steroid dienone is 1. The summed E-state index contributed by atoms with van der Waals surface area (Å²) in [5, 5.41) is 11.5. The first kappa shape index (κ1) is 31.3. The van der Waals surface area contributed by atoms with Crippen LogP contribution in [-0.2, 0) is 16.7 Å². The van der Waals surface area contributed by atoms with Crippen molar-refractivity contribution in [2.24, 2.45) is 10.7 Å². The van der Waals surface area contributed by atoms with Crippen molar-refractivity contribution >= 4 is 58.7 Å². The number of pyridine rings is 1. The third-order valence-electron chi connectivity index (χ3n) is 5.31. The molecule has 0 spiro atoms. The molecule has 8 nitrogen and oxygen atoms in total. The zero-order chi connectivity index (χ0) is 30.2. The lowest BCUT2D eigenvalue weighted by atomic mass is 10.0. The number of Topliss-reactive ketones (excluding diaryl/α,β-unsaturated/α-hetero) is 1. The first-order chi connectivity index (χ1) is 19.4. The molecule has 3 rings (SSSR count). The fraction of sp³-hybridized carbons (Fsp3) is 0.148. The number of halogens is 5. The van der Waals surface area contributed by atoms with Gasteiger partial charge in [-0.15, -0.1) is 0 Å². The molecule has 41 heavy (non-hydrogen) atoms. The molecule has 0 radical (unpaired) electrons. The van der Waals surface area contributed by atoms with Crippen molar-refractivity contribution in [3.8, 4) is 0 Å². The minimum atomic E-state index is -4.80. The van der Waals surface area contributed by atoms with E-state index in [2.05, 4.69) is 15.3 Å². The molecule has 0 aliphatic heterocycles. The van der Waals surface area contributed by atoms with Gasteiger partial charge in [0.05, 0.1) is 23.2 Å². The Bertz CT molecular complexity index is 1530. The molecular formula is C27H21ClF4N4O4S. The van der Waals surface area contributed by atoms with Crippen LogP contribution in [-0.4, -0.2) is 39.7 Å². The zero-order valence-electron chi connectivity index (χ0n) is 20.9. The predicted molar refractivity (Wildman–Crippen MR) is 148 cm³/mol. The number of carboxylic acids is 1. The lowest BCUT2D eigenvalue weighted by Gasteiger charge is -2.12. The Balaban J connectivity index is 1.80. The number of ketones is 1. The average Bonchev–Trinajstić information content (AvgIpc) is 2.92. The van der Waals surface area contributed by atoms with Gasteiger partial charge >= 0.3 is 12.1 Å². The number of carboxylic acid groups (broad SMARTS) is 1.